The van der Waals surface area contributed by atoms with E-state index in [2.05, 4.69) is 11.8 Å². The number of piperidine rings is 1. The predicted octanol–water partition coefficient (Wildman–Crippen LogP) is 3.27. The van der Waals surface area contributed by atoms with E-state index in [1.165, 1.54) is 31.4 Å². The minimum Gasteiger partial charge on any atom is -0.300 e. The molecule has 1 heterocycles. The van der Waals surface area contributed by atoms with Gasteiger partial charge >= 0.3 is 0 Å². The highest BCUT2D eigenvalue weighted by Crippen LogP contribution is 2.17. The summed E-state index contributed by atoms with van der Waals surface area (Å²) in [7, 11) is 0. The number of hydrogen-bond donors (Lipinski definition) is 0. The quantitative estimate of drug-likeness (QED) is 0.763. The molecule has 98 valence electrons. The number of ketones is 1. The van der Waals surface area contributed by atoms with Gasteiger partial charge in [-0.05, 0) is 50.6 Å². The minimum absolute atomic E-state index is 0.104. The van der Waals surface area contributed by atoms with E-state index in [9.17, 15) is 9.18 Å². The number of nitrogens with zero attached hydrogens (tertiary/aromatic N) is 1. The number of carbonyl (C=O) groups excluding carboxylic acids is 1. The number of halogens is 1. The van der Waals surface area contributed by atoms with Crippen molar-refractivity contribution >= 4 is 5.78 Å². The second-order valence-electron chi connectivity index (χ2n) is 5.06. The Balaban J connectivity index is 1.86. The average molecular weight is 249 g/mol. The summed E-state index contributed by atoms with van der Waals surface area (Å²) < 4.78 is 12.8. The molecule has 1 aliphatic rings. The molecule has 2 nitrogen and oxygen atoms in total. The van der Waals surface area contributed by atoms with Crippen molar-refractivity contribution in [2.75, 3.05) is 13.1 Å². The largest absolute Gasteiger partial charge is 0.300 e. The van der Waals surface area contributed by atoms with Gasteiger partial charge in [-0.3, -0.25) is 4.79 Å². The first-order valence-corrected chi connectivity index (χ1v) is 6.69. The van der Waals surface area contributed by atoms with Gasteiger partial charge in [0.15, 0.2) is 5.78 Å². The first kappa shape index (κ1) is 13.2. The van der Waals surface area contributed by atoms with Gasteiger partial charge in [0.25, 0.3) is 0 Å². The van der Waals surface area contributed by atoms with Crippen molar-refractivity contribution in [3.8, 4) is 0 Å². The zero-order valence-electron chi connectivity index (χ0n) is 10.9. The van der Waals surface area contributed by atoms with Crippen LogP contribution < -0.4 is 0 Å². The van der Waals surface area contributed by atoms with Crippen LogP contribution in [0.4, 0.5) is 4.39 Å². The number of carbonyl (C=O) groups is 1. The predicted molar refractivity (Wildman–Crippen MR) is 70.2 cm³/mol. The van der Waals surface area contributed by atoms with E-state index in [-0.39, 0.29) is 11.6 Å². The summed E-state index contributed by atoms with van der Waals surface area (Å²) >= 11 is 0. The third kappa shape index (κ3) is 3.39. The van der Waals surface area contributed by atoms with E-state index in [1.807, 2.05) is 0 Å². The van der Waals surface area contributed by atoms with Crippen LogP contribution in [-0.4, -0.2) is 29.8 Å². The fraction of sp³-hybridized carbons (Fsp3) is 0.533. The molecule has 1 aliphatic heterocycles. The van der Waals surface area contributed by atoms with Gasteiger partial charge in [-0.2, -0.15) is 0 Å². The van der Waals surface area contributed by atoms with E-state index in [1.54, 1.807) is 12.1 Å². The summed E-state index contributed by atoms with van der Waals surface area (Å²) in [5.74, 6) is -0.191. The van der Waals surface area contributed by atoms with Crippen LogP contribution in [0.15, 0.2) is 24.3 Å². The Morgan fingerprint density at radius 2 is 2.06 bits per heavy atom. The fourth-order valence-electron chi connectivity index (χ4n) is 2.52. The van der Waals surface area contributed by atoms with Crippen molar-refractivity contribution in [3.05, 3.63) is 35.6 Å². The standard InChI is InChI=1S/C15H20FNO/c1-12-4-2-3-10-17(12)11-9-15(18)13-5-7-14(16)8-6-13/h5-8,12H,2-4,9-11H2,1H3. The van der Waals surface area contributed by atoms with E-state index in [0.717, 1.165) is 13.1 Å². The molecular weight excluding hydrogens is 229 g/mol. The van der Waals surface area contributed by atoms with Gasteiger partial charge in [-0.15, -0.1) is 0 Å². The van der Waals surface area contributed by atoms with Crippen molar-refractivity contribution in [2.45, 2.75) is 38.6 Å². The van der Waals surface area contributed by atoms with Gasteiger partial charge in [-0.25, -0.2) is 4.39 Å². The summed E-state index contributed by atoms with van der Waals surface area (Å²) in [6.07, 6.45) is 4.28. The summed E-state index contributed by atoms with van der Waals surface area (Å²) in [4.78, 5) is 14.3. The lowest BCUT2D eigenvalue weighted by Crippen LogP contribution is -2.38. The molecule has 1 fully saturated rings. The third-order valence-electron chi connectivity index (χ3n) is 3.73. The monoisotopic (exact) mass is 249 g/mol. The van der Waals surface area contributed by atoms with E-state index in [0.29, 0.717) is 18.0 Å². The smallest absolute Gasteiger partial charge is 0.164 e. The Morgan fingerprint density at radius 3 is 2.72 bits per heavy atom. The van der Waals surface area contributed by atoms with Crippen molar-refractivity contribution in [2.24, 2.45) is 0 Å². The molecular formula is C15H20FNO. The highest BCUT2D eigenvalue weighted by atomic mass is 19.1. The lowest BCUT2D eigenvalue weighted by atomic mass is 10.0. The molecule has 1 aromatic rings. The van der Waals surface area contributed by atoms with Crippen molar-refractivity contribution < 1.29 is 9.18 Å². The van der Waals surface area contributed by atoms with Gasteiger partial charge in [0, 0.05) is 24.6 Å². The van der Waals surface area contributed by atoms with Crippen molar-refractivity contribution in [1.82, 2.24) is 4.90 Å². The molecule has 1 aromatic carbocycles. The number of rotatable bonds is 4. The molecule has 0 radical (unpaired) electrons. The molecule has 0 spiro atoms. The third-order valence-corrected chi connectivity index (χ3v) is 3.73. The van der Waals surface area contributed by atoms with Crippen LogP contribution in [0.5, 0.6) is 0 Å². The summed E-state index contributed by atoms with van der Waals surface area (Å²) in [5, 5.41) is 0. The second-order valence-corrected chi connectivity index (χ2v) is 5.06. The summed E-state index contributed by atoms with van der Waals surface area (Å²) in [6.45, 7) is 4.14. The lowest BCUT2D eigenvalue weighted by Gasteiger charge is -2.33. The van der Waals surface area contributed by atoms with Gasteiger partial charge < -0.3 is 4.90 Å². The topological polar surface area (TPSA) is 20.3 Å². The Labute approximate surface area is 108 Å². The number of Topliss-reactive ketones (excluding diaryl/α,β-unsaturated/α-hetero) is 1. The number of benzene rings is 1. The van der Waals surface area contributed by atoms with Crippen molar-refractivity contribution in [1.29, 1.82) is 0 Å². The van der Waals surface area contributed by atoms with Crippen LogP contribution in [0, 0.1) is 5.82 Å². The molecule has 1 saturated heterocycles. The Kier molecular flexibility index (Phi) is 4.48. The molecule has 0 amide bonds. The molecule has 0 aliphatic carbocycles. The zero-order chi connectivity index (χ0) is 13.0. The first-order chi connectivity index (χ1) is 8.66. The van der Waals surface area contributed by atoms with E-state index in [4.69, 9.17) is 0 Å². The average Bonchev–Trinajstić information content (AvgIpc) is 2.38. The molecule has 2 rings (SSSR count). The van der Waals surface area contributed by atoms with Crippen LogP contribution in [0.3, 0.4) is 0 Å². The van der Waals surface area contributed by atoms with Crippen LogP contribution in [-0.2, 0) is 0 Å². The lowest BCUT2D eigenvalue weighted by molar-refractivity contribution is 0.0935. The molecule has 1 unspecified atom stereocenters. The van der Waals surface area contributed by atoms with Gasteiger partial charge in [0.1, 0.15) is 5.82 Å². The van der Waals surface area contributed by atoms with Crippen LogP contribution in [0.1, 0.15) is 43.0 Å². The molecule has 0 bridgehead atoms. The molecule has 0 aromatic heterocycles. The molecule has 3 heteroatoms. The highest BCUT2D eigenvalue weighted by molar-refractivity contribution is 5.96. The Morgan fingerprint density at radius 1 is 1.33 bits per heavy atom. The number of likely N-dealkylation sites (tertiary alicyclic amines) is 1. The maximum absolute atomic E-state index is 12.8. The van der Waals surface area contributed by atoms with Crippen molar-refractivity contribution in [3.63, 3.8) is 0 Å². The maximum atomic E-state index is 12.8. The molecule has 0 saturated carbocycles. The zero-order valence-corrected chi connectivity index (χ0v) is 10.9. The van der Waals surface area contributed by atoms with Crippen LogP contribution >= 0.6 is 0 Å². The SMILES string of the molecule is CC1CCCCN1CCC(=O)c1ccc(F)cc1. The highest BCUT2D eigenvalue weighted by Gasteiger charge is 2.18. The van der Waals surface area contributed by atoms with Gasteiger partial charge in [0.05, 0.1) is 0 Å². The summed E-state index contributed by atoms with van der Waals surface area (Å²) in [5.41, 5.74) is 0.612. The van der Waals surface area contributed by atoms with E-state index < -0.39 is 0 Å². The summed E-state index contributed by atoms with van der Waals surface area (Å²) in [6, 6.07) is 6.40. The van der Waals surface area contributed by atoms with E-state index >= 15 is 0 Å². The molecule has 18 heavy (non-hydrogen) atoms. The Bertz CT molecular complexity index is 401. The van der Waals surface area contributed by atoms with Crippen LogP contribution in [0.25, 0.3) is 0 Å². The van der Waals surface area contributed by atoms with Gasteiger partial charge in [0.2, 0.25) is 0 Å². The minimum atomic E-state index is -0.295. The maximum Gasteiger partial charge on any atom is 0.164 e. The molecule has 0 N–H and O–H groups in total. The molecule has 1 atom stereocenters. The fourth-order valence-corrected chi connectivity index (χ4v) is 2.52. The second kappa shape index (κ2) is 6.10. The Hall–Kier alpha value is -1.22. The van der Waals surface area contributed by atoms with Crippen LogP contribution in [0.2, 0.25) is 0 Å². The number of hydrogen-bond acceptors (Lipinski definition) is 2. The normalized spacial score (nSPS) is 20.9. The van der Waals surface area contributed by atoms with Gasteiger partial charge in [-0.1, -0.05) is 6.42 Å². The first-order valence-electron chi connectivity index (χ1n) is 6.69.